The molecule has 1 saturated carbocycles. The number of pyridine rings is 2. The summed E-state index contributed by atoms with van der Waals surface area (Å²) in [7, 11) is 1.44. The van der Waals surface area contributed by atoms with Crippen molar-refractivity contribution in [2.24, 2.45) is 5.92 Å². The van der Waals surface area contributed by atoms with E-state index in [1.54, 1.807) is 18.3 Å². The molecule has 2 N–H and O–H groups in total. The number of aromatic amines is 1. The van der Waals surface area contributed by atoms with Gasteiger partial charge in [0, 0.05) is 35.8 Å². The molecule has 1 saturated heterocycles. The summed E-state index contributed by atoms with van der Waals surface area (Å²) in [6.07, 6.45) is 5.49. The van der Waals surface area contributed by atoms with Crippen LogP contribution in [0.25, 0.3) is 11.3 Å². The van der Waals surface area contributed by atoms with Crippen LogP contribution < -0.4 is 10.1 Å². The Labute approximate surface area is 212 Å². The number of amides is 2. The highest BCUT2D eigenvalue weighted by Crippen LogP contribution is 2.50. The average molecular weight is 513 g/mol. The molecule has 2 atom stereocenters. The van der Waals surface area contributed by atoms with Crippen molar-refractivity contribution in [2.45, 2.75) is 44.2 Å². The standard InChI is InChI=1S/C25H26ClFN6O3/c1-14(22-17(26)4-3-8-28-22)30-23(34)15-5-9-33(25(12-15)6-7-25)24(35)20-11-19(31-32-20)16-10-21(36-2)29-13-18(16)27/h3-4,8,10-11,13-15H,5-7,9,12H2,1-2H3,(H,30,34)(H,31,32). The van der Waals surface area contributed by atoms with Crippen LogP contribution in [0.2, 0.25) is 5.02 Å². The Morgan fingerprint density at radius 2 is 2.14 bits per heavy atom. The number of halogens is 2. The highest BCUT2D eigenvalue weighted by Gasteiger charge is 2.54. The van der Waals surface area contributed by atoms with Crippen LogP contribution in [-0.4, -0.2) is 56.1 Å². The van der Waals surface area contributed by atoms with E-state index in [1.807, 2.05) is 11.8 Å². The molecule has 2 amide bonds. The number of piperidine rings is 1. The van der Waals surface area contributed by atoms with E-state index in [1.165, 1.54) is 19.2 Å². The van der Waals surface area contributed by atoms with Crippen molar-refractivity contribution in [3.05, 3.63) is 58.9 Å². The number of nitrogens with zero attached hydrogens (tertiary/aromatic N) is 4. The molecule has 1 aliphatic heterocycles. The number of H-pyrrole nitrogens is 1. The summed E-state index contributed by atoms with van der Waals surface area (Å²) in [6.45, 7) is 2.29. The lowest BCUT2D eigenvalue weighted by Gasteiger charge is -2.39. The molecule has 0 aromatic carbocycles. The number of nitrogens with one attached hydrogen (secondary N) is 2. The van der Waals surface area contributed by atoms with Crippen molar-refractivity contribution in [3.63, 3.8) is 0 Å². The highest BCUT2D eigenvalue weighted by atomic mass is 35.5. The van der Waals surface area contributed by atoms with E-state index in [4.69, 9.17) is 16.3 Å². The van der Waals surface area contributed by atoms with E-state index in [9.17, 15) is 14.0 Å². The van der Waals surface area contributed by atoms with E-state index < -0.39 is 5.82 Å². The molecule has 11 heteroatoms. The summed E-state index contributed by atoms with van der Waals surface area (Å²) in [5.74, 6) is -0.804. The van der Waals surface area contributed by atoms with Gasteiger partial charge in [0.25, 0.3) is 5.91 Å². The van der Waals surface area contributed by atoms with Gasteiger partial charge in [0.15, 0.2) is 11.5 Å². The minimum atomic E-state index is -0.551. The van der Waals surface area contributed by atoms with Crippen LogP contribution in [0, 0.1) is 11.7 Å². The summed E-state index contributed by atoms with van der Waals surface area (Å²) < 4.78 is 19.4. The molecule has 5 rings (SSSR count). The fourth-order valence-electron chi connectivity index (χ4n) is 4.91. The number of methoxy groups -OCH3 is 1. The van der Waals surface area contributed by atoms with Gasteiger partial charge in [-0.15, -0.1) is 0 Å². The van der Waals surface area contributed by atoms with Gasteiger partial charge in [-0.2, -0.15) is 5.10 Å². The molecule has 2 fully saturated rings. The number of carbonyl (C=O) groups is 2. The SMILES string of the molecule is COc1cc(-c2cc(C(=O)N3CCC(C(=O)NC(C)c4ncccc4Cl)CC34CC4)n[nH]2)c(F)cn1. The molecule has 36 heavy (non-hydrogen) atoms. The highest BCUT2D eigenvalue weighted by molar-refractivity contribution is 6.31. The topological polar surface area (TPSA) is 113 Å². The quantitative estimate of drug-likeness (QED) is 0.517. The number of hydrogen-bond acceptors (Lipinski definition) is 6. The van der Waals surface area contributed by atoms with Crippen molar-refractivity contribution in [3.8, 4) is 17.1 Å². The van der Waals surface area contributed by atoms with E-state index in [2.05, 4.69) is 25.5 Å². The van der Waals surface area contributed by atoms with Gasteiger partial charge < -0.3 is 15.0 Å². The first-order valence-corrected chi connectivity index (χ1v) is 12.2. The molecule has 1 spiro atoms. The summed E-state index contributed by atoms with van der Waals surface area (Å²) in [5.41, 5.74) is 1.05. The minimum absolute atomic E-state index is 0.0632. The molecule has 188 valence electrons. The number of hydrogen-bond donors (Lipinski definition) is 2. The third-order valence-corrected chi connectivity index (χ3v) is 7.35. The van der Waals surface area contributed by atoms with Gasteiger partial charge in [-0.25, -0.2) is 9.37 Å². The molecule has 0 radical (unpaired) electrons. The maximum absolute atomic E-state index is 14.3. The molecule has 3 aromatic heterocycles. The fourth-order valence-corrected chi connectivity index (χ4v) is 5.20. The molecular weight excluding hydrogens is 487 g/mol. The molecule has 9 nitrogen and oxygen atoms in total. The minimum Gasteiger partial charge on any atom is -0.481 e. The van der Waals surface area contributed by atoms with Gasteiger partial charge in [0.05, 0.1) is 35.8 Å². The van der Waals surface area contributed by atoms with Gasteiger partial charge in [-0.1, -0.05) is 11.6 Å². The van der Waals surface area contributed by atoms with Gasteiger partial charge in [0.1, 0.15) is 0 Å². The second-order valence-electron chi connectivity index (χ2n) is 9.34. The molecule has 0 bridgehead atoms. The summed E-state index contributed by atoms with van der Waals surface area (Å²) in [5, 5.41) is 10.4. The number of rotatable bonds is 6. The van der Waals surface area contributed by atoms with Crippen molar-refractivity contribution < 1.29 is 18.7 Å². The maximum atomic E-state index is 14.3. The van der Waals surface area contributed by atoms with Crippen LogP contribution in [0.5, 0.6) is 5.88 Å². The number of likely N-dealkylation sites (tertiary alicyclic amines) is 1. The van der Waals surface area contributed by atoms with Gasteiger partial charge >= 0.3 is 0 Å². The lowest BCUT2D eigenvalue weighted by molar-refractivity contribution is -0.128. The number of carbonyl (C=O) groups excluding carboxylic acids is 2. The third-order valence-electron chi connectivity index (χ3n) is 7.03. The summed E-state index contributed by atoms with van der Waals surface area (Å²) in [6, 6.07) is 6.15. The summed E-state index contributed by atoms with van der Waals surface area (Å²) in [4.78, 5) is 36.4. The Kier molecular flexibility index (Phi) is 6.38. The van der Waals surface area contributed by atoms with Crippen molar-refractivity contribution >= 4 is 23.4 Å². The molecule has 2 unspecified atom stereocenters. The van der Waals surface area contributed by atoms with Crippen LogP contribution in [0.3, 0.4) is 0 Å². The van der Waals surface area contributed by atoms with Gasteiger partial charge in [-0.3, -0.25) is 19.7 Å². The van der Waals surface area contributed by atoms with Crippen LogP contribution in [0.1, 0.15) is 54.8 Å². The van der Waals surface area contributed by atoms with Gasteiger partial charge in [0.2, 0.25) is 11.8 Å². The first-order valence-electron chi connectivity index (χ1n) is 11.8. The summed E-state index contributed by atoms with van der Waals surface area (Å²) >= 11 is 6.22. The van der Waals surface area contributed by atoms with E-state index in [-0.39, 0.29) is 46.5 Å². The molecule has 2 aliphatic rings. The van der Waals surface area contributed by atoms with E-state index >= 15 is 0 Å². The van der Waals surface area contributed by atoms with Crippen LogP contribution in [0.4, 0.5) is 4.39 Å². The Morgan fingerprint density at radius 3 is 2.86 bits per heavy atom. The zero-order valence-electron chi connectivity index (χ0n) is 19.9. The Hall–Kier alpha value is -3.53. The van der Waals surface area contributed by atoms with Crippen molar-refractivity contribution in [2.75, 3.05) is 13.7 Å². The van der Waals surface area contributed by atoms with Crippen LogP contribution in [0.15, 0.2) is 36.7 Å². The first kappa shape index (κ1) is 24.2. The molecule has 3 aromatic rings. The lowest BCUT2D eigenvalue weighted by atomic mass is 9.87. The smallest absolute Gasteiger partial charge is 0.274 e. The number of aromatic nitrogens is 4. The van der Waals surface area contributed by atoms with Gasteiger partial charge in [-0.05, 0) is 50.8 Å². The Balaban J connectivity index is 1.27. The second-order valence-corrected chi connectivity index (χ2v) is 9.75. The maximum Gasteiger partial charge on any atom is 0.274 e. The predicted octanol–water partition coefficient (Wildman–Crippen LogP) is 3.93. The number of ether oxygens (including phenoxy) is 1. The molecule has 1 aliphatic carbocycles. The van der Waals surface area contributed by atoms with E-state index in [0.29, 0.717) is 35.8 Å². The predicted molar refractivity (Wildman–Crippen MR) is 130 cm³/mol. The lowest BCUT2D eigenvalue weighted by Crippen LogP contribution is -2.51. The molecular formula is C25H26ClFN6O3. The average Bonchev–Trinajstić information content (AvgIpc) is 3.45. The van der Waals surface area contributed by atoms with E-state index in [0.717, 1.165) is 19.0 Å². The first-order chi connectivity index (χ1) is 17.3. The fraction of sp³-hybridized carbons (Fsp3) is 0.400. The second kappa shape index (κ2) is 9.50. The largest absolute Gasteiger partial charge is 0.481 e. The van der Waals surface area contributed by atoms with Crippen molar-refractivity contribution in [1.82, 2.24) is 30.4 Å². The normalized spacial score (nSPS) is 19.1. The molecule has 4 heterocycles. The van der Waals surface area contributed by atoms with Crippen molar-refractivity contribution in [1.29, 1.82) is 0 Å². The zero-order chi connectivity index (χ0) is 25.4. The van der Waals surface area contributed by atoms with Crippen LogP contribution in [-0.2, 0) is 4.79 Å². The Morgan fingerprint density at radius 1 is 1.33 bits per heavy atom. The zero-order valence-corrected chi connectivity index (χ0v) is 20.7. The Bertz CT molecular complexity index is 1310. The monoisotopic (exact) mass is 512 g/mol. The van der Waals surface area contributed by atoms with Crippen LogP contribution >= 0.6 is 11.6 Å². The third kappa shape index (κ3) is 4.53.